The molecule has 1 heterocycles. The van der Waals surface area contributed by atoms with E-state index in [-0.39, 0.29) is 0 Å². The highest BCUT2D eigenvalue weighted by atomic mass is 35.5. The molecule has 0 bridgehead atoms. The average Bonchev–Trinajstić information content (AvgIpc) is 1.95. The molecule has 1 nitrogen and oxygen atoms in total. The van der Waals surface area contributed by atoms with E-state index >= 15 is 0 Å². The summed E-state index contributed by atoms with van der Waals surface area (Å²) in [5.41, 5.74) is 1.24. The minimum Gasteiger partial charge on any atom is -0.316 e. The standard InChI is InChI=1S/C10H11Cl2N/c11-9-2-7(3-10(12)4-9)1-8-5-13-6-8/h2-4,8,13H,1,5-6H2. The highest BCUT2D eigenvalue weighted by Crippen LogP contribution is 2.21. The number of rotatable bonds is 2. The van der Waals surface area contributed by atoms with Gasteiger partial charge in [0, 0.05) is 10.0 Å². The second-order valence-corrected chi connectivity index (χ2v) is 4.38. The zero-order chi connectivity index (χ0) is 9.26. The molecule has 70 valence electrons. The van der Waals surface area contributed by atoms with Crippen LogP contribution in [0.5, 0.6) is 0 Å². The maximum Gasteiger partial charge on any atom is 0.0423 e. The first-order valence-electron chi connectivity index (χ1n) is 4.40. The Kier molecular flexibility index (Phi) is 2.77. The normalized spacial score (nSPS) is 17.1. The van der Waals surface area contributed by atoms with Crippen molar-refractivity contribution in [3.05, 3.63) is 33.8 Å². The van der Waals surface area contributed by atoms with Gasteiger partial charge in [0.05, 0.1) is 0 Å². The quantitative estimate of drug-likeness (QED) is 0.801. The summed E-state index contributed by atoms with van der Waals surface area (Å²) in [5, 5.41) is 4.71. The van der Waals surface area contributed by atoms with Crippen LogP contribution < -0.4 is 5.32 Å². The van der Waals surface area contributed by atoms with Gasteiger partial charge in [-0.2, -0.15) is 0 Å². The largest absolute Gasteiger partial charge is 0.316 e. The van der Waals surface area contributed by atoms with E-state index in [9.17, 15) is 0 Å². The van der Waals surface area contributed by atoms with Gasteiger partial charge in [-0.25, -0.2) is 0 Å². The predicted molar refractivity (Wildman–Crippen MR) is 56.5 cm³/mol. The Morgan fingerprint density at radius 3 is 2.23 bits per heavy atom. The van der Waals surface area contributed by atoms with Gasteiger partial charge >= 0.3 is 0 Å². The molecule has 0 amide bonds. The topological polar surface area (TPSA) is 12.0 Å². The summed E-state index contributed by atoms with van der Waals surface area (Å²) in [6, 6.07) is 5.75. The van der Waals surface area contributed by atoms with Crippen LogP contribution in [0.4, 0.5) is 0 Å². The van der Waals surface area contributed by atoms with Crippen molar-refractivity contribution in [1.82, 2.24) is 5.32 Å². The molecule has 13 heavy (non-hydrogen) atoms. The Hall–Kier alpha value is -0.240. The van der Waals surface area contributed by atoms with Crippen molar-refractivity contribution >= 4 is 23.2 Å². The van der Waals surface area contributed by atoms with Crippen LogP contribution in [0.3, 0.4) is 0 Å². The van der Waals surface area contributed by atoms with E-state index in [0.717, 1.165) is 35.5 Å². The summed E-state index contributed by atoms with van der Waals surface area (Å²) < 4.78 is 0. The number of hydrogen-bond donors (Lipinski definition) is 1. The molecule has 0 aromatic heterocycles. The lowest BCUT2D eigenvalue weighted by Crippen LogP contribution is -2.43. The molecule has 0 saturated carbocycles. The van der Waals surface area contributed by atoms with Crippen LogP contribution in [0.2, 0.25) is 10.0 Å². The second-order valence-electron chi connectivity index (χ2n) is 3.51. The molecule has 1 N–H and O–H groups in total. The molecule has 0 radical (unpaired) electrons. The lowest BCUT2D eigenvalue weighted by atomic mass is 9.94. The third-order valence-corrected chi connectivity index (χ3v) is 2.75. The van der Waals surface area contributed by atoms with Crippen molar-refractivity contribution in [3.8, 4) is 0 Å². The zero-order valence-corrected chi connectivity index (χ0v) is 8.70. The van der Waals surface area contributed by atoms with E-state index in [4.69, 9.17) is 23.2 Å². The third-order valence-electron chi connectivity index (χ3n) is 2.31. The van der Waals surface area contributed by atoms with E-state index in [0.29, 0.717) is 0 Å². The first-order chi connectivity index (χ1) is 6.24. The van der Waals surface area contributed by atoms with Gasteiger partial charge < -0.3 is 5.32 Å². The second kappa shape index (κ2) is 3.87. The first-order valence-corrected chi connectivity index (χ1v) is 5.15. The predicted octanol–water partition coefficient (Wildman–Crippen LogP) is 2.76. The van der Waals surface area contributed by atoms with E-state index in [1.807, 2.05) is 12.1 Å². The molecule has 3 heteroatoms. The Morgan fingerprint density at radius 1 is 1.15 bits per heavy atom. The maximum atomic E-state index is 5.89. The molecule has 1 fully saturated rings. The summed E-state index contributed by atoms with van der Waals surface area (Å²) >= 11 is 11.8. The minimum absolute atomic E-state index is 0.731. The van der Waals surface area contributed by atoms with Crippen LogP contribution in [-0.2, 0) is 6.42 Å². The van der Waals surface area contributed by atoms with Crippen molar-refractivity contribution in [3.63, 3.8) is 0 Å². The number of halogens is 2. The summed E-state index contributed by atoms with van der Waals surface area (Å²) in [5.74, 6) is 0.759. The fourth-order valence-corrected chi connectivity index (χ4v) is 2.13. The monoisotopic (exact) mass is 215 g/mol. The highest BCUT2D eigenvalue weighted by Gasteiger charge is 2.17. The zero-order valence-electron chi connectivity index (χ0n) is 7.19. The van der Waals surface area contributed by atoms with Crippen LogP contribution >= 0.6 is 23.2 Å². The van der Waals surface area contributed by atoms with Gasteiger partial charge in [-0.15, -0.1) is 0 Å². The highest BCUT2D eigenvalue weighted by molar-refractivity contribution is 6.34. The van der Waals surface area contributed by atoms with Crippen LogP contribution in [-0.4, -0.2) is 13.1 Å². The smallest absolute Gasteiger partial charge is 0.0423 e. The summed E-state index contributed by atoms with van der Waals surface area (Å²) in [7, 11) is 0. The van der Waals surface area contributed by atoms with Gasteiger partial charge in [-0.05, 0) is 49.2 Å². The Morgan fingerprint density at radius 2 is 1.77 bits per heavy atom. The molecule has 2 rings (SSSR count). The van der Waals surface area contributed by atoms with Gasteiger partial charge in [-0.3, -0.25) is 0 Å². The molecular weight excluding hydrogens is 205 g/mol. The van der Waals surface area contributed by atoms with Crippen LogP contribution in [0.1, 0.15) is 5.56 Å². The van der Waals surface area contributed by atoms with Gasteiger partial charge in [0.1, 0.15) is 0 Å². The number of benzene rings is 1. The molecule has 1 aromatic carbocycles. The molecule has 0 unspecified atom stereocenters. The summed E-state index contributed by atoms with van der Waals surface area (Å²) in [6.45, 7) is 2.23. The SMILES string of the molecule is Clc1cc(Cl)cc(CC2CNC2)c1. The number of nitrogens with one attached hydrogen (secondary N) is 1. The molecular formula is C10H11Cl2N. The van der Waals surface area contributed by atoms with Crippen LogP contribution in [0.25, 0.3) is 0 Å². The molecule has 0 aliphatic carbocycles. The summed E-state index contributed by atoms with van der Waals surface area (Å²) in [4.78, 5) is 0. The molecule has 1 aliphatic heterocycles. The van der Waals surface area contributed by atoms with E-state index < -0.39 is 0 Å². The fourth-order valence-electron chi connectivity index (χ4n) is 1.55. The van der Waals surface area contributed by atoms with Crippen molar-refractivity contribution in [2.75, 3.05) is 13.1 Å². The van der Waals surface area contributed by atoms with Crippen molar-refractivity contribution in [2.45, 2.75) is 6.42 Å². The van der Waals surface area contributed by atoms with E-state index in [1.54, 1.807) is 6.07 Å². The summed E-state index contributed by atoms with van der Waals surface area (Å²) in [6.07, 6.45) is 1.08. The Labute approximate surface area is 88.0 Å². The van der Waals surface area contributed by atoms with Gasteiger partial charge in [0.25, 0.3) is 0 Å². The van der Waals surface area contributed by atoms with E-state index in [1.165, 1.54) is 5.56 Å². The molecule has 0 atom stereocenters. The van der Waals surface area contributed by atoms with Gasteiger partial charge in [-0.1, -0.05) is 23.2 Å². The maximum absolute atomic E-state index is 5.89. The average molecular weight is 216 g/mol. The molecule has 1 aromatic rings. The van der Waals surface area contributed by atoms with Crippen molar-refractivity contribution < 1.29 is 0 Å². The Balaban J connectivity index is 2.10. The van der Waals surface area contributed by atoms with Gasteiger partial charge in [0.15, 0.2) is 0 Å². The molecule has 1 aliphatic rings. The first kappa shape index (κ1) is 9.32. The molecule has 1 saturated heterocycles. The van der Waals surface area contributed by atoms with Crippen LogP contribution in [0, 0.1) is 5.92 Å². The third kappa shape index (κ3) is 2.37. The van der Waals surface area contributed by atoms with Crippen molar-refractivity contribution in [1.29, 1.82) is 0 Å². The Bertz CT molecular complexity index is 288. The lowest BCUT2D eigenvalue weighted by molar-refractivity contribution is 0.346. The van der Waals surface area contributed by atoms with Crippen LogP contribution in [0.15, 0.2) is 18.2 Å². The minimum atomic E-state index is 0.731. The molecule has 0 spiro atoms. The fraction of sp³-hybridized carbons (Fsp3) is 0.400. The lowest BCUT2D eigenvalue weighted by Gasteiger charge is -2.27. The number of hydrogen-bond acceptors (Lipinski definition) is 1. The van der Waals surface area contributed by atoms with Crippen molar-refractivity contribution in [2.24, 2.45) is 5.92 Å². The van der Waals surface area contributed by atoms with Gasteiger partial charge in [0.2, 0.25) is 0 Å². The van der Waals surface area contributed by atoms with E-state index in [2.05, 4.69) is 5.32 Å².